The number of thiazole rings is 1. The Labute approximate surface area is 132 Å². The molecule has 0 saturated carbocycles. The van der Waals surface area contributed by atoms with Gasteiger partial charge in [-0.1, -0.05) is 0 Å². The van der Waals surface area contributed by atoms with Crippen molar-refractivity contribution in [2.75, 3.05) is 19.5 Å². The Morgan fingerprint density at radius 3 is 2.32 bits per heavy atom. The Hall–Kier alpha value is -2.60. The van der Waals surface area contributed by atoms with Gasteiger partial charge in [0.15, 0.2) is 5.13 Å². The van der Waals surface area contributed by atoms with Crippen molar-refractivity contribution < 1.29 is 9.47 Å². The summed E-state index contributed by atoms with van der Waals surface area (Å²) in [6, 6.07) is 9.50. The van der Waals surface area contributed by atoms with Gasteiger partial charge in [0.25, 0.3) is 0 Å². The van der Waals surface area contributed by atoms with Crippen molar-refractivity contribution in [1.82, 2.24) is 9.97 Å². The summed E-state index contributed by atoms with van der Waals surface area (Å²) in [5.41, 5.74) is 2.83. The van der Waals surface area contributed by atoms with Crippen LogP contribution in [0, 0.1) is 0 Å². The van der Waals surface area contributed by atoms with Gasteiger partial charge in [-0.05, 0) is 12.1 Å². The van der Waals surface area contributed by atoms with E-state index in [9.17, 15) is 0 Å². The fourth-order valence-electron chi connectivity index (χ4n) is 1.99. The highest BCUT2D eigenvalue weighted by Gasteiger charge is 2.07. The minimum atomic E-state index is 0.729. The van der Waals surface area contributed by atoms with E-state index in [1.54, 1.807) is 38.0 Å². The number of anilines is 2. The molecule has 0 bridgehead atoms. The van der Waals surface area contributed by atoms with Gasteiger partial charge in [-0.25, -0.2) is 4.98 Å². The Balaban J connectivity index is 1.83. The van der Waals surface area contributed by atoms with Crippen molar-refractivity contribution in [3.63, 3.8) is 0 Å². The predicted octanol–water partition coefficient (Wildman–Crippen LogP) is 3.97. The van der Waals surface area contributed by atoms with Crippen LogP contribution in [0.1, 0.15) is 0 Å². The van der Waals surface area contributed by atoms with Crippen molar-refractivity contribution in [3.05, 3.63) is 48.1 Å². The zero-order valence-electron chi connectivity index (χ0n) is 12.2. The van der Waals surface area contributed by atoms with Crippen LogP contribution in [-0.2, 0) is 0 Å². The molecule has 112 valence electrons. The number of nitrogens with one attached hydrogen (secondary N) is 1. The maximum Gasteiger partial charge on any atom is 0.187 e. The van der Waals surface area contributed by atoms with E-state index in [1.807, 2.05) is 35.7 Å². The van der Waals surface area contributed by atoms with Gasteiger partial charge in [0, 0.05) is 47.2 Å². The average molecular weight is 313 g/mol. The molecule has 0 fully saturated rings. The molecular formula is C16H15N3O2S. The molecule has 6 heteroatoms. The van der Waals surface area contributed by atoms with Crippen LogP contribution in [0.5, 0.6) is 11.5 Å². The number of nitrogens with zero attached hydrogens (tertiary/aromatic N) is 2. The zero-order chi connectivity index (χ0) is 15.4. The number of benzene rings is 1. The van der Waals surface area contributed by atoms with Crippen LogP contribution < -0.4 is 14.8 Å². The van der Waals surface area contributed by atoms with E-state index in [2.05, 4.69) is 15.3 Å². The van der Waals surface area contributed by atoms with Crippen LogP contribution in [0.15, 0.2) is 48.1 Å². The van der Waals surface area contributed by atoms with Gasteiger partial charge in [-0.2, -0.15) is 0 Å². The minimum Gasteiger partial charge on any atom is -0.497 e. The second-order valence-electron chi connectivity index (χ2n) is 4.50. The third-order valence-corrected chi connectivity index (χ3v) is 3.84. The highest BCUT2D eigenvalue weighted by molar-refractivity contribution is 7.14. The fourth-order valence-corrected chi connectivity index (χ4v) is 2.73. The first-order valence-electron chi connectivity index (χ1n) is 6.64. The molecule has 0 spiro atoms. The number of hydrogen-bond acceptors (Lipinski definition) is 6. The lowest BCUT2D eigenvalue weighted by molar-refractivity contribution is 0.395. The monoisotopic (exact) mass is 313 g/mol. The highest BCUT2D eigenvalue weighted by Crippen LogP contribution is 2.30. The fraction of sp³-hybridized carbons (Fsp3) is 0.125. The summed E-state index contributed by atoms with van der Waals surface area (Å²) in [4.78, 5) is 8.60. The summed E-state index contributed by atoms with van der Waals surface area (Å²) in [5, 5.41) is 6.09. The molecule has 0 unspecified atom stereocenters. The third-order valence-electron chi connectivity index (χ3n) is 3.08. The van der Waals surface area contributed by atoms with Gasteiger partial charge in [0.1, 0.15) is 11.5 Å². The van der Waals surface area contributed by atoms with Gasteiger partial charge in [0.05, 0.1) is 19.9 Å². The molecule has 0 radical (unpaired) electrons. The second-order valence-corrected chi connectivity index (χ2v) is 5.36. The highest BCUT2D eigenvalue weighted by atomic mass is 32.1. The number of pyridine rings is 1. The van der Waals surface area contributed by atoms with E-state index in [1.165, 1.54) is 0 Å². The Morgan fingerprint density at radius 2 is 1.68 bits per heavy atom. The summed E-state index contributed by atoms with van der Waals surface area (Å²) < 4.78 is 10.5. The SMILES string of the molecule is COc1cc(Nc2nc(-c3ccncc3)cs2)cc(OC)c1. The zero-order valence-corrected chi connectivity index (χ0v) is 13.1. The van der Waals surface area contributed by atoms with Crippen LogP contribution >= 0.6 is 11.3 Å². The third kappa shape index (κ3) is 3.17. The molecular weight excluding hydrogens is 298 g/mol. The lowest BCUT2D eigenvalue weighted by Crippen LogP contribution is -1.93. The smallest absolute Gasteiger partial charge is 0.187 e. The standard InChI is InChI=1S/C16H15N3O2S/c1-20-13-7-12(8-14(9-13)21-2)18-16-19-15(10-22-16)11-3-5-17-6-4-11/h3-10H,1-2H3,(H,18,19). The van der Waals surface area contributed by atoms with Gasteiger partial charge in [-0.15, -0.1) is 11.3 Å². The molecule has 0 aliphatic heterocycles. The molecule has 5 nitrogen and oxygen atoms in total. The molecule has 0 aliphatic carbocycles. The molecule has 0 saturated heterocycles. The average Bonchev–Trinajstić information content (AvgIpc) is 3.03. The summed E-state index contributed by atoms with van der Waals surface area (Å²) in [5.74, 6) is 1.46. The Kier molecular flexibility index (Phi) is 4.20. The molecule has 22 heavy (non-hydrogen) atoms. The first-order valence-corrected chi connectivity index (χ1v) is 7.52. The van der Waals surface area contributed by atoms with Crippen molar-refractivity contribution in [2.45, 2.75) is 0 Å². The van der Waals surface area contributed by atoms with Crippen LogP contribution in [0.4, 0.5) is 10.8 Å². The normalized spacial score (nSPS) is 10.3. The molecule has 3 aromatic rings. The molecule has 0 atom stereocenters. The summed E-state index contributed by atoms with van der Waals surface area (Å²) in [6.45, 7) is 0. The molecule has 3 rings (SSSR count). The van der Waals surface area contributed by atoms with E-state index in [4.69, 9.17) is 9.47 Å². The number of ether oxygens (including phenoxy) is 2. The van der Waals surface area contributed by atoms with Gasteiger partial charge >= 0.3 is 0 Å². The molecule has 1 aromatic carbocycles. The number of aromatic nitrogens is 2. The van der Waals surface area contributed by atoms with Crippen molar-refractivity contribution in [2.24, 2.45) is 0 Å². The van der Waals surface area contributed by atoms with E-state index in [-0.39, 0.29) is 0 Å². The van der Waals surface area contributed by atoms with Crippen molar-refractivity contribution >= 4 is 22.2 Å². The molecule has 0 aliphatic rings. The lowest BCUT2D eigenvalue weighted by Gasteiger charge is -2.08. The molecule has 0 amide bonds. The van der Waals surface area contributed by atoms with E-state index in [0.717, 1.165) is 33.6 Å². The molecule has 2 aromatic heterocycles. The summed E-state index contributed by atoms with van der Waals surface area (Å²) in [7, 11) is 3.26. The topological polar surface area (TPSA) is 56.3 Å². The van der Waals surface area contributed by atoms with Crippen molar-refractivity contribution in [1.29, 1.82) is 0 Å². The van der Waals surface area contributed by atoms with Gasteiger partial charge in [0.2, 0.25) is 0 Å². The Bertz CT molecular complexity index is 737. The van der Waals surface area contributed by atoms with Crippen LogP contribution in [0.3, 0.4) is 0 Å². The van der Waals surface area contributed by atoms with E-state index >= 15 is 0 Å². The summed E-state index contributed by atoms with van der Waals surface area (Å²) >= 11 is 1.54. The largest absolute Gasteiger partial charge is 0.497 e. The minimum absolute atomic E-state index is 0.729. The molecule has 1 N–H and O–H groups in total. The van der Waals surface area contributed by atoms with Gasteiger partial charge in [-0.3, -0.25) is 4.98 Å². The van der Waals surface area contributed by atoms with E-state index in [0.29, 0.717) is 0 Å². The maximum absolute atomic E-state index is 5.27. The number of methoxy groups -OCH3 is 2. The van der Waals surface area contributed by atoms with Crippen molar-refractivity contribution in [3.8, 4) is 22.8 Å². The second kappa shape index (κ2) is 6.44. The maximum atomic E-state index is 5.27. The first kappa shape index (κ1) is 14.3. The van der Waals surface area contributed by atoms with Gasteiger partial charge < -0.3 is 14.8 Å². The Morgan fingerprint density at radius 1 is 1.00 bits per heavy atom. The van der Waals surface area contributed by atoms with Crippen LogP contribution in [0.2, 0.25) is 0 Å². The first-order chi connectivity index (χ1) is 10.8. The van der Waals surface area contributed by atoms with Crippen LogP contribution in [-0.4, -0.2) is 24.2 Å². The number of rotatable bonds is 5. The molecule has 2 heterocycles. The predicted molar refractivity (Wildman–Crippen MR) is 88.2 cm³/mol. The van der Waals surface area contributed by atoms with Crippen LogP contribution in [0.25, 0.3) is 11.3 Å². The summed E-state index contributed by atoms with van der Waals surface area (Å²) in [6.07, 6.45) is 3.52. The lowest BCUT2D eigenvalue weighted by atomic mass is 10.2. The quantitative estimate of drug-likeness (QED) is 0.772. The number of hydrogen-bond donors (Lipinski definition) is 1. The van der Waals surface area contributed by atoms with E-state index < -0.39 is 0 Å².